The highest BCUT2D eigenvalue weighted by atomic mass is 16.6. The van der Waals surface area contributed by atoms with E-state index < -0.39 is 11.4 Å². The summed E-state index contributed by atoms with van der Waals surface area (Å²) in [5, 5.41) is 0. The third-order valence-corrected chi connectivity index (χ3v) is 6.39. The van der Waals surface area contributed by atoms with Crippen molar-refractivity contribution >= 4 is 33.9 Å². The van der Waals surface area contributed by atoms with Gasteiger partial charge in [0.25, 0.3) is 0 Å². The van der Waals surface area contributed by atoms with Crippen LogP contribution in [0.1, 0.15) is 22.3 Å². The summed E-state index contributed by atoms with van der Waals surface area (Å²) in [6.07, 6.45) is 0. The van der Waals surface area contributed by atoms with Gasteiger partial charge in [-0.3, -0.25) is 11.5 Å². The van der Waals surface area contributed by atoms with Crippen molar-refractivity contribution in [3.05, 3.63) is 119 Å². The average molecular weight is 465 g/mol. The number of rotatable bonds is 4. The van der Waals surface area contributed by atoms with Crippen LogP contribution in [0.4, 0.5) is 22.7 Å². The number of nitrogens with two attached hydrogens (primary N) is 6. The second-order valence-electron chi connectivity index (χ2n) is 8.81. The minimum atomic E-state index is -1.41. The largest absolute Gasteiger partial charge is 0.399 e. The number of hydrogen-bond donors (Lipinski definition) is 6. The van der Waals surface area contributed by atoms with Crippen molar-refractivity contribution in [3.8, 4) is 0 Å². The molecule has 7 nitrogen and oxygen atoms in total. The first-order chi connectivity index (χ1) is 16.7. The molecule has 2 unspecified atom stereocenters. The molecule has 176 valence electrons. The number of anilines is 4. The van der Waals surface area contributed by atoms with Crippen LogP contribution in [0.25, 0.3) is 11.1 Å². The quantitative estimate of drug-likeness (QED) is 0.251. The van der Waals surface area contributed by atoms with E-state index in [4.69, 9.17) is 39.1 Å². The van der Waals surface area contributed by atoms with Gasteiger partial charge in [0.15, 0.2) is 11.4 Å². The van der Waals surface area contributed by atoms with E-state index in [1.165, 1.54) is 0 Å². The number of benzene rings is 4. The summed E-state index contributed by atoms with van der Waals surface area (Å²) in [6.45, 7) is 0. The van der Waals surface area contributed by atoms with E-state index in [0.29, 0.717) is 45.0 Å². The normalized spacial score (nSPS) is 21.9. The molecule has 0 amide bonds. The molecule has 5 rings (SSSR count). The van der Waals surface area contributed by atoms with Crippen LogP contribution < -0.4 is 34.4 Å². The molecule has 4 aromatic carbocycles. The van der Waals surface area contributed by atoms with Gasteiger partial charge in [0.1, 0.15) is 0 Å². The van der Waals surface area contributed by atoms with E-state index in [0.717, 1.165) is 11.1 Å². The molecule has 1 heterocycles. The lowest BCUT2D eigenvalue weighted by atomic mass is 9.82. The molecular weight excluding hydrogens is 436 g/mol. The molecule has 0 bridgehead atoms. The molecule has 12 N–H and O–H groups in total. The fourth-order valence-corrected chi connectivity index (χ4v) is 4.61. The van der Waals surface area contributed by atoms with Crippen molar-refractivity contribution in [2.75, 3.05) is 22.9 Å². The van der Waals surface area contributed by atoms with E-state index in [1.807, 2.05) is 72.8 Å². The van der Waals surface area contributed by atoms with Gasteiger partial charge in [-0.2, -0.15) is 0 Å². The number of nitrogen functional groups attached to an aromatic ring is 4. The Kier molecular flexibility index (Phi) is 5.25. The topological polar surface area (TPSA) is 165 Å². The van der Waals surface area contributed by atoms with Crippen molar-refractivity contribution in [1.29, 1.82) is 0 Å². The highest BCUT2D eigenvalue weighted by molar-refractivity contribution is 6.00. The second-order valence-corrected chi connectivity index (χ2v) is 8.81. The third-order valence-electron chi connectivity index (χ3n) is 6.39. The minimum Gasteiger partial charge on any atom is -0.399 e. The van der Waals surface area contributed by atoms with E-state index in [-0.39, 0.29) is 0 Å². The summed E-state index contributed by atoms with van der Waals surface area (Å²) in [5.74, 6) is 0. The molecule has 4 aromatic rings. The van der Waals surface area contributed by atoms with Gasteiger partial charge in [-0.05, 0) is 59.7 Å². The van der Waals surface area contributed by atoms with Crippen LogP contribution in [-0.4, -0.2) is 0 Å². The van der Waals surface area contributed by atoms with E-state index >= 15 is 0 Å². The Bertz CT molecular complexity index is 1290. The summed E-state index contributed by atoms with van der Waals surface area (Å²) < 4.78 is 6.72. The summed E-state index contributed by atoms with van der Waals surface area (Å²) in [4.78, 5) is 0. The molecule has 0 aliphatic carbocycles. The Balaban J connectivity index is 1.87. The molecule has 0 saturated heterocycles. The van der Waals surface area contributed by atoms with E-state index in [9.17, 15) is 0 Å². The van der Waals surface area contributed by atoms with Crippen LogP contribution in [0, 0.1) is 0 Å². The Morgan fingerprint density at radius 3 is 0.943 bits per heavy atom. The van der Waals surface area contributed by atoms with Crippen LogP contribution in [0.3, 0.4) is 0 Å². The molecule has 1 aliphatic heterocycles. The maximum Gasteiger partial charge on any atom is 0.173 e. The van der Waals surface area contributed by atoms with Crippen molar-refractivity contribution in [2.24, 2.45) is 11.5 Å². The predicted molar refractivity (Wildman–Crippen MR) is 143 cm³/mol. The lowest BCUT2D eigenvalue weighted by molar-refractivity contribution is -0.0831. The molecule has 0 spiro atoms. The van der Waals surface area contributed by atoms with Crippen molar-refractivity contribution in [1.82, 2.24) is 0 Å². The van der Waals surface area contributed by atoms with E-state index in [1.54, 1.807) is 24.3 Å². The fraction of sp³-hybridized carbons (Fsp3) is 0.0714. The highest BCUT2D eigenvalue weighted by Gasteiger charge is 2.54. The van der Waals surface area contributed by atoms with Gasteiger partial charge >= 0.3 is 0 Å². The van der Waals surface area contributed by atoms with Crippen LogP contribution >= 0.6 is 0 Å². The summed E-state index contributed by atoms with van der Waals surface area (Å²) in [6, 6.07) is 29.5. The zero-order chi connectivity index (χ0) is 24.8. The maximum absolute atomic E-state index is 7.16. The van der Waals surface area contributed by atoms with Gasteiger partial charge in [0, 0.05) is 45.0 Å². The zero-order valence-corrected chi connectivity index (χ0v) is 19.1. The van der Waals surface area contributed by atoms with Crippen LogP contribution in [0.2, 0.25) is 0 Å². The first-order valence-electron chi connectivity index (χ1n) is 11.2. The minimum absolute atomic E-state index is 0.615. The summed E-state index contributed by atoms with van der Waals surface area (Å²) >= 11 is 0. The molecular formula is C28H28N6O. The van der Waals surface area contributed by atoms with E-state index in [2.05, 4.69) is 0 Å². The lowest BCUT2D eigenvalue weighted by Gasteiger charge is -2.33. The molecule has 7 heteroatoms. The van der Waals surface area contributed by atoms with Crippen LogP contribution in [0.15, 0.2) is 97.1 Å². The summed E-state index contributed by atoms with van der Waals surface area (Å²) in [5.41, 5.74) is 42.4. The van der Waals surface area contributed by atoms with Crippen molar-refractivity contribution in [3.63, 3.8) is 0 Å². The molecule has 0 fully saturated rings. The fourth-order valence-electron chi connectivity index (χ4n) is 4.61. The Labute approximate surface area is 204 Å². The third kappa shape index (κ3) is 3.77. The molecule has 35 heavy (non-hydrogen) atoms. The average Bonchev–Trinajstić information content (AvgIpc) is 3.09. The Morgan fingerprint density at radius 1 is 0.400 bits per heavy atom. The molecule has 0 aromatic heterocycles. The Hall–Kier alpha value is -4.30. The molecule has 1 aliphatic rings. The molecule has 0 radical (unpaired) electrons. The molecule has 0 saturated carbocycles. The van der Waals surface area contributed by atoms with Gasteiger partial charge in [0.05, 0.1) is 0 Å². The van der Waals surface area contributed by atoms with Gasteiger partial charge in [0.2, 0.25) is 0 Å². The van der Waals surface area contributed by atoms with Crippen molar-refractivity contribution < 1.29 is 4.74 Å². The van der Waals surface area contributed by atoms with Crippen LogP contribution in [0.5, 0.6) is 0 Å². The van der Waals surface area contributed by atoms with Gasteiger partial charge in [-0.25, -0.2) is 0 Å². The second kappa shape index (κ2) is 8.18. The first kappa shape index (κ1) is 22.5. The van der Waals surface area contributed by atoms with Gasteiger partial charge in [-0.1, -0.05) is 48.5 Å². The monoisotopic (exact) mass is 464 g/mol. The number of hydrogen-bond acceptors (Lipinski definition) is 7. The lowest BCUT2D eigenvalue weighted by Crippen LogP contribution is -2.46. The predicted octanol–water partition coefficient (Wildman–Crippen LogP) is 3.58. The Morgan fingerprint density at radius 2 is 0.657 bits per heavy atom. The SMILES string of the molecule is Nc1ccc(C2=C(c3ccc(N)cc3)C(N)(c3ccc(N)cc3)OC2(N)c2ccc(N)cc2)cc1. The smallest absolute Gasteiger partial charge is 0.173 e. The standard InChI is InChI=1S/C28H28N6O/c29-21-9-1-17(2-10-21)25-26(18-3-11-22(30)12-4-18)28(34,20-7-15-24(32)16-8-20)35-27(25,33)19-5-13-23(31)14-6-19/h1-16H,29-34H2. The maximum atomic E-state index is 7.16. The van der Waals surface area contributed by atoms with Gasteiger partial charge in [-0.15, -0.1) is 0 Å². The van der Waals surface area contributed by atoms with Gasteiger partial charge < -0.3 is 27.7 Å². The highest BCUT2D eigenvalue weighted by Crippen LogP contribution is 2.55. The molecule has 2 atom stereocenters. The first-order valence-corrected chi connectivity index (χ1v) is 11.2. The number of ether oxygens (including phenoxy) is 1. The van der Waals surface area contributed by atoms with Crippen LogP contribution in [-0.2, 0) is 16.2 Å². The zero-order valence-electron chi connectivity index (χ0n) is 19.1. The summed E-state index contributed by atoms with van der Waals surface area (Å²) in [7, 11) is 0. The van der Waals surface area contributed by atoms with Crippen molar-refractivity contribution in [2.45, 2.75) is 11.4 Å².